The van der Waals surface area contributed by atoms with Gasteiger partial charge in [0.25, 0.3) is 0 Å². The predicted molar refractivity (Wildman–Crippen MR) is 182 cm³/mol. The zero-order chi connectivity index (χ0) is 36.7. The van der Waals surface area contributed by atoms with Gasteiger partial charge in [0.05, 0.1) is 26.2 Å². The van der Waals surface area contributed by atoms with E-state index in [1.165, 1.54) is 7.05 Å². The van der Waals surface area contributed by atoms with E-state index in [-0.39, 0.29) is 43.9 Å². The summed E-state index contributed by atoms with van der Waals surface area (Å²) in [5, 5.41) is 33.7. The summed E-state index contributed by atoms with van der Waals surface area (Å²) in [6, 6.07) is 0. The molecule has 17 nitrogen and oxygen atoms in total. The molecule has 1 rings (SSSR count). The Bertz CT molecular complexity index is 894. The first kappa shape index (κ1) is 46.7. The number of carboxylic acid groups (broad SMARTS) is 3. The molecule has 1 aliphatic rings. The number of aliphatic carboxylic acids is 3. The maximum Gasteiger partial charge on any atom is 0.317 e. The summed E-state index contributed by atoms with van der Waals surface area (Å²) < 4.78 is 0. The molecule has 0 aromatic rings. The Morgan fingerprint density at radius 3 is 1.15 bits per heavy atom. The Morgan fingerprint density at radius 2 is 0.812 bits per heavy atom. The smallest absolute Gasteiger partial charge is 0.317 e. The summed E-state index contributed by atoms with van der Waals surface area (Å²) in [4.78, 5) is 76.5. The molecule has 0 atom stereocenters. The van der Waals surface area contributed by atoms with Gasteiger partial charge in [-0.2, -0.15) is 0 Å². The minimum Gasteiger partial charge on any atom is -0.480 e. The first-order valence-corrected chi connectivity index (χ1v) is 16.9. The summed E-state index contributed by atoms with van der Waals surface area (Å²) in [5.41, 5.74) is 9.60. The van der Waals surface area contributed by atoms with E-state index in [1.54, 1.807) is 14.7 Å². The molecule has 1 fully saturated rings. The number of nitrogens with zero attached hydrogens (tertiary/aromatic N) is 4. The lowest BCUT2D eigenvalue weighted by atomic mass is 10.1. The first-order valence-electron chi connectivity index (χ1n) is 16.9. The van der Waals surface area contributed by atoms with Crippen LogP contribution in [0.4, 0.5) is 0 Å². The van der Waals surface area contributed by atoms with Gasteiger partial charge in [-0.25, -0.2) is 0 Å². The Labute approximate surface area is 285 Å². The third kappa shape index (κ3) is 28.8. The van der Waals surface area contributed by atoms with Crippen LogP contribution in [0.2, 0.25) is 0 Å². The number of unbranched alkanes of at least 4 members (excludes halogenated alkanes) is 4. The topological polar surface area (TPSA) is 252 Å². The number of carboxylic acids is 3. The van der Waals surface area contributed by atoms with Crippen molar-refractivity contribution < 1.29 is 44.1 Å². The minimum atomic E-state index is -1.02. The molecule has 1 heterocycles. The highest BCUT2D eigenvalue weighted by molar-refractivity contribution is 5.78. The summed E-state index contributed by atoms with van der Waals surface area (Å²) in [6.45, 7) is 7.08. The van der Waals surface area contributed by atoms with E-state index in [0.717, 1.165) is 25.7 Å². The van der Waals surface area contributed by atoms with Crippen LogP contribution < -0.4 is 22.1 Å². The second-order valence-electron chi connectivity index (χ2n) is 11.1. The molecular formula is C31H62N8O9. The van der Waals surface area contributed by atoms with Crippen LogP contribution in [0.1, 0.15) is 65.2 Å². The maximum absolute atomic E-state index is 12.7. The van der Waals surface area contributed by atoms with Crippen LogP contribution in [0.5, 0.6) is 0 Å². The average molecular weight is 691 g/mol. The van der Waals surface area contributed by atoms with Crippen molar-refractivity contribution in [1.29, 1.82) is 0 Å². The van der Waals surface area contributed by atoms with Crippen molar-refractivity contribution in [1.82, 2.24) is 30.2 Å². The van der Waals surface area contributed by atoms with Crippen molar-refractivity contribution in [2.45, 2.75) is 65.2 Å². The van der Waals surface area contributed by atoms with Gasteiger partial charge in [0.1, 0.15) is 0 Å². The average Bonchev–Trinajstić information content (AvgIpc) is 3.02. The molecule has 0 aromatic heterocycles. The molecule has 0 spiro atoms. The third-order valence-corrected chi connectivity index (χ3v) is 7.20. The highest BCUT2D eigenvalue weighted by atomic mass is 16.4. The fraction of sp³-hybridized carbons (Fsp3) is 0.806. The Morgan fingerprint density at radius 1 is 0.500 bits per heavy atom. The van der Waals surface area contributed by atoms with Crippen LogP contribution in [0.25, 0.3) is 0 Å². The molecule has 0 saturated carbocycles. The molecule has 0 aromatic carbocycles. The second kappa shape index (κ2) is 30.9. The van der Waals surface area contributed by atoms with E-state index in [4.69, 9.17) is 5.73 Å². The number of hydrogen-bond acceptors (Lipinski definition) is 11. The number of nitrogens with two attached hydrogens (primary N) is 2. The van der Waals surface area contributed by atoms with Crippen LogP contribution in [-0.4, -0.2) is 169 Å². The lowest BCUT2D eigenvalue weighted by molar-refractivity contribution is -0.140. The predicted octanol–water partition coefficient (Wildman–Crippen LogP) is -1.10. The standard InChI is InChI=1S/C28H51N7O9.C2H6.CH5N/c29-23(36)7-3-1-5-9-30-24(37)8-4-2-6-10-31-25(38)19-32-11-13-33(20-26(39)40)15-17-35(22-28(43)44)18-16-34(14-12-32)21-27(41)42;2*1-2/h1-22H2,(H2,29,36)(H,30,37)(H,31,38)(H,39,40)(H,41,42)(H,43,44);1-2H3;2H2,1H3. The van der Waals surface area contributed by atoms with E-state index in [9.17, 15) is 44.1 Å². The van der Waals surface area contributed by atoms with Crippen LogP contribution in [-0.2, 0) is 28.8 Å². The number of nitrogens with one attached hydrogen (secondary N) is 2. The van der Waals surface area contributed by atoms with Gasteiger partial charge >= 0.3 is 17.9 Å². The number of hydrogen-bond donors (Lipinski definition) is 7. The van der Waals surface area contributed by atoms with Gasteiger partial charge in [-0.1, -0.05) is 26.7 Å². The van der Waals surface area contributed by atoms with Crippen molar-refractivity contribution in [3.63, 3.8) is 0 Å². The second-order valence-corrected chi connectivity index (χ2v) is 11.1. The zero-order valence-electron chi connectivity index (χ0n) is 29.3. The highest BCUT2D eigenvalue weighted by Crippen LogP contribution is 2.03. The van der Waals surface area contributed by atoms with Crippen LogP contribution in [0.3, 0.4) is 0 Å². The van der Waals surface area contributed by atoms with Crippen molar-refractivity contribution in [3.05, 3.63) is 0 Å². The van der Waals surface area contributed by atoms with Crippen molar-refractivity contribution >= 4 is 35.6 Å². The Hall–Kier alpha value is -3.38. The number of carbonyl (C=O) groups is 6. The van der Waals surface area contributed by atoms with Gasteiger partial charge < -0.3 is 37.4 Å². The molecule has 17 heteroatoms. The number of amides is 3. The lowest BCUT2D eigenvalue weighted by Gasteiger charge is -2.32. The summed E-state index contributed by atoms with van der Waals surface area (Å²) >= 11 is 0. The minimum absolute atomic E-state index is 0.0253. The highest BCUT2D eigenvalue weighted by Gasteiger charge is 2.21. The largest absolute Gasteiger partial charge is 0.480 e. The monoisotopic (exact) mass is 690 g/mol. The van der Waals surface area contributed by atoms with Gasteiger partial charge in [-0.05, 0) is 32.7 Å². The molecule has 1 aliphatic heterocycles. The van der Waals surface area contributed by atoms with Crippen LogP contribution >= 0.6 is 0 Å². The quantitative estimate of drug-likeness (QED) is 0.0750. The van der Waals surface area contributed by atoms with E-state index >= 15 is 0 Å². The Balaban J connectivity index is 0. The molecule has 1 saturated heterocycles. The molecule has 9 N–H and O–H groups in total. The van der Waals surface area contributed by atoms with E-state index < -0.39 is 17.9 Å². The normalized spacial score (nSPS) is 15.2. The Kier molecular flexibility index (Phi) is 30.1. The molecular weight excluding hydrogens is 628 g/mol. The van der Waals surface area contributed by atoms with Gasteiger partial charge in [-0.3, -0.25) is 48.4 Å². The van der Waals surface area contributed by atoms with Gasteiger partial charge in [0.15, 0.2) is 0 Å². The van der Waals surface area contributed by atoms with Crippen molar-refractivity contribution in [3.8, 4) is 0 Å². The number of carbonyl (C=O) groups excluding carboxylic acids is 3. The summed E-state index contributed by atoms with van der Waals surface area (Å²) in [5.74, 6) is -3.57. The molecule has 0 radical (unpaired) electrons. The van der Waals surface area contributed by atoms with Crippen LogP contribution in [0.15, 0.2) is 0 Å². The lowest BCUT2D eigenvalue weighted by Crippen LogP contribution is -2.49. The third-order valence-electron chi connectivity index (χ3n) is 7.20. The summed E-state index contributed by atoms with van der Waals surface area (Å²) in [6.07, 6.45) is 5.26. The molecule has 48 heavy (non-hydrogen) atoms. The van der Waals surface area contributed by atoms with Crippen LogP contribution in [0, 0.1) is 0 Å². The van der Waals surface area contributed by atoms with Crippen molar-refractivity contribution in [2.75, 3.05) is 98.7 Å². The zero-order valence-corrected chi connectivity index (χ0v) is 29.3. The fourth-order valence-electron chi connectivity index (χ4n) is 4.78. The van der Waals surface area contributed by atoms with Gasteiger partial charge in [0.2, 0.25) is 17.7 Å². The molecule has 0 aliphatic carbocycles. The number of primary amides is 1. The van der Waals surface area contributed by atoms with E-state index in [0.29, 0.717) is 91.1 Å². The maximum atomic E-state index is 12.7. The summed E-state index contributed by atoms with van der Waals surface area (Å²) in [7, 11) is 1.50. The molecule has 280 valence electrons. The molecule has 0 bridgehead atoms. The van der Waals surface area contributed by atoms with Gasteiger partial charge in [0, 0.05) is 78.3 Å². The van der Waals surface area contributed by atoms with Crippen molar-refractivity contribution in [2.24, 2.45) is 11.5 Å². The van der Waals surface area contributed by atoms with Gasteiger partial charge in [-0.15, -0.1) is 0 Å². The van der Waals surface area contributed by atoms with E-state index in [2.05, 4.69) is 16.4 Å². The number of rotatable bonds is 20. The molecule has 0 unspecified atom stereocenters. The molecule has 3 amide bonds. The SMILES string of the molecule is CC.CN.NC(=O)CCCCCNC(=O)CCCCCNC(=O)CN1CCN(CC(=O)O)CCN(CC(=O)O)CCN(CC(=O)O)CC1. The fourth-order valence-corrected chi connectivity index (χ4v) is 4.78. The van der Waals surface area contributed by atoms with E-state index in [1.807, 2.05) is 18.7 Å². The first-order chi connectivity index (χ1) is 22.9.